The van der Waals surface area contributed by atoms with E-state index >= 15 is 0 Å². The van der Waals surface area contributed by atoms with Crippen molar-refractivity contribution in [1.82, 2.24) is 0 Å². The van der Waals surface area contributed by atoms with Crippen molar-refractivity contribution in [2.75, 3.05) is 0 Å². The first kappa shape index (κ1) is 9.71. The average Bonchev–Trinajstić information content (AvgIpc) is 2.09. The van der Waals surface area contributed by atoms with Crippen LogP contribution in [0, 0.1) is 5.82 Å². The van der Waals surface area contributed by atoms with Crippen molar-refractivity contribution >= 4 is 6.29 Å². The third kappa shape index (κ3) is 3.23. The molecular formula is C10H11FO2. The second-order valence-corrected chi connectivity index (χ2v) is 2.78. The van der Waals surface area contributed by atoms with Gasteiger partial charge in [-0.05, 0) is 31.2 Å². The van der Waals surface area contributed by atoms with Crippen LogP contribution in [0.25, 0.3) is 0 Å². The summed E-state index contributed by atoms with van der Waals surface area (Å²) in [6.07, 6.45) is 0.980. The Bertz CT molecular complexity index is 269. The van der Waals surface area contributed by atoms with Crippen molar-refractivity contribution < 1.29 is 13.9 Å². The van der Waals surface area contributed by atoms with Crippen LogP contribution in [0.4, 0.5) is 4.39 Å². The highest BCUT2D eigenvalue weighted by Crippen LogP contribution is 2.13. The van der Waals surface area contributed by atoms with Crippen LogP contribution in [0.2, 0.25) is 0 Å². The first-order valence-corrected chi connectivity index (χ1v) is 4.08. The number of ether oxygens (including phenoxy) is 1. The fourth-order valence-corrected chi connectivity index (χ4v) is 0.929. The highest BCUT2D eigenvalue weighted by Gasteiger charge is 2.02. The van der Waals surface area contributed by atoms with Crippen molar-refractivity contribution in [3.63, 3.8) is 0 Å². The van der Waals surface area contributed by atoms with E-state index in [9.17, 15) is 9.18 Å². The normalized spacial score (nSPS) is 12.2. The SMILES string of the molecule is CC(CC=O)Oc1ccc(F)cc1. The second-order valence-electron chi connectivity index (χ2n) is 2.78. The maximum Gasteiger partial charge on any atom is 0.123 e. The van der Waals surface area contributed by atoms with E-state index in [0.717, 1.165) is 6.29 Å². The molecule has 0 amide bonds. The van der Waals surface area contributed by atoms with Crippen molar-refractivity contribution in [3.8, 4) is 5.75 Å². The van der Waals surface area contributed by atoms with E-state index in [-0.39, 0.29) is 11.9 Å². The van der Waals surface area contributed by atoms with Gasteiger partial charge in [-0.2, -0.15) is 0 Å². The van der Waals surface area contributed by atoms with E-state index < -0.39 is 0 Å². The quantitative estimate of drug-likeness (QED) is 0.667. The van der Waals surface area contributed by atoms with Crippen LogP contribution < -0.4 is 4.74 Å². The molecule has 70 valence electrons. The number of halogens is 1. The standard InChI is InChI=1S/C10H11FO2/c1-8(6-7-12)13-10-4-2-9(11)3-5-10/h2-5,7-8H,6H2,1H3. The van der Waals surface area contributed by atoms with Gasteiger partial charge >= 0.3 is 0 Å². The van der Waals surface area contributed by atoms with Gasteiger partial charge in [-0.15, -0.1) is 0 Å². The second kappa shape index (κ2) is 4.60. The molecule has 1 atom stereocenters. The van der Waals surface area contributed by atoms with Gasteiger partial charge in [-0.25, -0.2) is 4.39 Å². The zero-order valence-corrected chi connectivity index (χ0v) is 7.37. The van der Waals surface area contributed by atoms with Crippen LogP contribution in [0.5, 0.6) is 5.75 Å². The number of rotatable bonds is 4. The molecule has 0 N–H and O–H groups in total. The van der Waals surface area contributed by atoms with Crippen LogP contribution in [0.15, 0.2) is 24.3 Å². The lowest BCUT2D eigenvalue weighted by molar-refractivity contribution is -0.109. The largest absolute Gasteiger partial charge is 0.490 e. The molecule has 13 heavy (non-hydrogen) atoms. The number of carbonyl (C=O) groups excluding carboxylic acids is 1. The van der Waals surface area contributed by atoms with Crippen LogP contribution in [0.1, 0.15) is 13.3 Å². The number of aldehydes is 1. The molecule has 0 heterocycles. The van der Waals surface area contributed by atoms with Crippen LogP contribution in [-0.2, 0) is 4.79 Å². The van der Waals surface area contributed by atoms with E-state index in [1.54, 1.807) is 6.92 Å². The molecule has 0 aliphatic rings. The van der Waals surface area contributed by atoms with E-state index in [1.807, 2.05) is 0 Å². The highest BCUT2D eigenvalue weighted by atomic mass is 19.1. The molecule has 0 saturated heterocycles. The Morgan fingerprint density at radius 1 is 1.46 bits per heavy atom. The van der Waals surface area contributed by atoms with Gasteiger partial charge in [0.15, 0.2) is 0 Å². The predicted molar refractivity (Wildman–Crippen MR) is 47.2 cm³/mol. The fraction of sp³-hybridized carbons (Fsp3) is 0.300. The number of hydrogen-bond donors (Lipinski definition) is 0. The molecule has 0 saturated carbocycles. The summed E-state index contributed by atoms with van der Waals surface area (Å²) in [5.74, 6) is 0.283. The van der Waals surface area contributed by atoms with Crippen molar-refractivity contribution in [2.24, 2.45) is 0 Å². The Hall–Kier alpha value is -1.38. The lowest BCUT2D eigenvalue weighted by Crippen LogP contribution is -2.11. The summed E-state index contributed by atoms with van der Waals surface area (Å²) in [5, 5.41) is 0. The van der Waals surface area contributed by atoms with E-state index in [1.165, 1.54) is 24.3 Å². The monoisotopic (exact) mass is 182 g/mol. The molecule has 0 aliphatic heterocycles. The summed E-state index contributed by atoms with van der Waals surface area (Å²) in [7, 11) is 0. The Kier molecular flexibility index (Phi) is 3.43. The minimum Gasteiger partial charge on any atom is -0.490 e. The molecule has 1 aromatic rings. The number of benzene rings is 1. The summed E-state index contributed by atoms with van der Waals surface area (Å²) >= 11 is 0. The molecule has 0 aromatic heterocycles. The summed E-state index contributed by atoms with van der Waals surface area (Å²) in [5.41, 5.74) is 0. The van der Waals surface area contributed by atoms with Crippen molar-refractivity contribution in [1.29, 1.82) is 0 Å². The Morgan fingerprint density at radius 2 is 2.08 bits per heavy atom. The van der Waals surface area contributed by atoms with Gasteiger partial charge in [0.1, 0.15) is 24.0 Å². The summed E-state index contributed by atoms with van der Waals surface area (Å²) < 4.78 is 17.8. The summed E-state index contributed by atoms with van der Waals surface area (Å²) in [6, 6.07) is 5.72. The van der Waals surface area contributed by atoms with E-state index in [2.05, 4.69) is 0 Å². The topological polar surface area (TPSA) is 26.3 Å². The van der Waals surface area contributed by atoms with Crippen LogP contribution in [0.3, 0.4) is 0 Å². The number of carbonyl (C=O) groups is 1. The summed E-state index contributed by atoms with van der Waals surface area (Å²) in [6.45, 7) is 1.79. The lowest BCUT2D eigenvalue weighted by atomic mass is 10.3. The Balaban J connectivity index is 2.53. The molecule has 3 heteroatoms. The molecular weight excluding hydrogens is 171 g/mol. The molecule has 0 radical (unpaired) electrons. The summed E-state index contributed by atoms with van der Waals surface area (Å²) in [4.78, 5) is 10.1. The average molecular weight is 182 g/mol. The minimum absolute atomic E-state index is 0.164. The van der Waals surface area contributed by atoms with Crippen LogP contribution in [-0.4, -0.2) is 12.4 Å². The lowest BCUT2D eigenvalue weighted by Gasteiger charge is -2.11. The van der Waals surface area contributed by atoms with Gasteiger partial charge in [0.25, 0.3) is 0 Å². The maximum absolute atomic E-state index is 12.5. The van der Waals surface area contributed by atoms with E-state index in [4.69, 9.17) is 4.74 Å². The molecule has 1 aromatic carbocycles. The van der Waals surface area contributed by atoms with Crippen molar-refractivity contribution in [3.05, 3.63) is 30.1 Å². The molecule has 0 spiro atoms. The van der Waals surface area contributed by atoms with E-state index in [0.29, 0.717) is 12.2 Å². The first-order valence-electron chi connectivity index (χ1n) is 4.08. The zero-order chi connectivity index (χ0) is 9.68. The predicted octanol–water partition coefficient (Wildman–Crippen LogP) is 2.18. The van der Waals surface area contributed by atoms with Crippen LogP contribution >= 0.6 is 0 Å². The minimum atomic E-state index is -0.296. The fourth-order valence-electron chi connectivity index (χ4n) is 0.929. The van der Waals surface area contributed by atoms with Gasteiger partial charge < -0.3 is 9.53 Å². The van der Waals surface area contributed by atoms with Gasteiger partial charge in [-0.1, -0.05) is 0 Å². The maximum atomic E-state index is 12.5. The van der Waals surface area contributed by atoms with Crippen molar-refractivity contribution in [2.45, 2.75) is 19.4 Å². The van der Waals surface area contributed by atoms with Gasteiger partial charge in [0.05, 0.1) is 0 Å². The van der Waals surface area contributed by atoms with Gasteiger partial charge in [0, 0.05) is 6.42 Å². The Labute approximate surface area is 76.3 Å². The Morgan fingerprint density at radius 3 is 2.62 bits per heavy atom. The molecule has 0 fully saturated rings. The van der Waals surface area contributed by atoms with Gasteiger partial charge in [0.2, 0.25) is 0 Å². The molecule has 0 aliphatic carbocycles. The molecule has 1 unspecified atom stereocenters. The van der Waals surface area contributed by atoms with Gasteiger partial charge in [-0.3, -0.25) is 0 Å². The first-order chi connectivity index (χ1) is 6.22. The zero-order valence-electron chi connectivity index (χ0n) is 7.37. The third-order valence-electron chi connectivity index (χ3n) is 1.58. The number of hydrogen-bond acceptors (Lipinski definition) is 2. The molecule has 1 rings (SSSR count). The third-order valence-corrected chi connectivity index (χ3v) is 1.58. The molecule has 2 nitrogen and oxygen atoms in total. The molecule has 0 bridgehead atoms. The highest BCUT2D eigenvalue weighted by molar-refractivity contribution is 5.50. The smallest absolute Gasteiger partial charge is 0.123 e.